The van der Waals surface area contributed by atoms with Crippen molar-refractivity contribution in [3.8, 4) is 5.69 Å². The Morgan fingerprint density at radius 3 is 2.52 bits per heavy atom. The third-order valence-corrected chi connectivity index (χ3v) is 3.66. The van der Waals surface area contributed by atoms with Crippen molar-refractivity contribution in [2.24, 2.45) is 5.73 Å². The van der Waals surface area contributed by atoms with Gasteiger partial charge in [0.15, 0.2) is 0 Å². The number of fused-ring (bicyclic) bond motifs is 1. The summed E-state index contributed by atoms with van der Waals surface area (Å²) in [6.07, 6.45) is 0.625. The van der Waals surface area contributed by atoms with Gasteiger partial charge in [-0.3, -0.25) is 9.36 Å². The maximum absolute atomic E-state index is 14.1. The van der Waals surface area contributed by atoms with Crippen LogP contribution in [-0.2, 0) is 0 Å². The number of hydrogen-bond donors (Lipinski definition) is 1. The zero-order valence-electron chi connectivity index (χ0n) is 12.6. The molecule has 2 N–H and O–H groups in total. The van der Waals surface area contributed by atoms with E-state index in [1.165, 1.54) is 16.7 Å². The molecule has 0 spiro atoms. The van der Waals surface area contributed by atoms with Crippen molar-refractivity contribution in [3.05, 3.63) is 70.5 Å². The molecule has 0 aliphatic heterocycles. The van der Waals surface area contributed by atoms with Gasteiger partial charge in [0.2, 0.25) is 0 Å². The Hall–Kier alpha value is -2.24. The quantitative estimate of drug-likeness (QED) is 0.799. The predicted molar refractivity (Wildman–Crippen MR) is 91.8 cm³/mol. The summed E-state index contributed by atoms with van der Waals surface area (Å²) in [5.41, 5.74) is 6.64. The molecule has 23 heavy (non-hydrogen) atoms. The lowest BCUT2D eigenvalue weighted by Gasteiger charge is -2.17. The summed E-state index contributed by atoms with van der Waals surface area (Å²) in [5, 5.41) is -0.0154. The van der Waals surface area contributed by atoms with Crippen molar-refractivity contribution in [1.82, 2.24) is 9.55 Å². The molecule has 0 amide bonds. The molecule has 0 fully saturated rings. The van der Waals surface area contributed by atoms with E-state index in [0.717, 1.165) is 0 Å². The number of rotatable bonds is 3. The van der Waals surface area contributed by atoms with E-state index in [9.17, 15) is 9.18 Å². The maximum Gasteiger partial charge on any atom is 0.269 e. The molecule has 0 radical (unpaired) electrons. The molecule has 4 nitrogen and oxygen atoms in total. The summed E-state index contributed by atoms with van der Waals surface area (Å²) < 4.78 is 15.5. The van der Waals surface area contributed by atoms with E-state index in [0.29, 0.717) is 23.4 Å². The van der Waals surface area contributed by atoms with Crippen LogP contribution in [0.3, 0.4) is 0 Å². The zero-order valence-corrected chi connectivity index (χ0v) is 13.4. The van der Waals surface area contributed by atoms with Gasteiger partial charge in [-0.25, -0.2) is 9.37 Å². The monoisotopic (exact) mass is 333 g/mol. The van der Waals surface area contributed by atoms with E-state index >= 15 is 0 Å². The fourth-order valence-electron chi connectivity index (χ4n) is 2.46. The molecule has 1 aromatic heterocycles. The first-order valence-electron chi connectivity index (χ1n) is 7.15. The molecule has 3 rings (SSSR count). The minimum atomic E-state index is -0.573. The SMILES string of the molecule is CC[C@H](N)c1nc2cccc(F)c2c(=O)n1-c1ccccc1.Cl. The Morgan fingerprint density at radius 1 is 1.17 bits per heavy atom. The summed E-state index contributed by atoms with van der Waals surface area (Å²) in [6, 6.07) is 13.1. The normalized spacial score (nSPS) is 12.0. The van der Waals surface area contributed by atoms with E-state index in [1.807, 2.05) is 25.1 Å². The van der Waals surface area contributed by atoms with Crippen molar-refractivity contribution in [2.75, 3.05) is 0 Å². The van der Waals surface area contributed by atoms with Gasteiger partial charge < -0.3 is 5.73 Å². The number of aromatic nitrogens is 2. The molecule has 3 aromatic rings. The Labute approximate surface area is 139 Å². The lowest BCUT2D eigenvalue weighted by molar-refractivity contribution is 0.614. The van der Waals surface area contributed by atoms with Gasteiger partial charge in [0.05, 0.1) is 17.2 Å². The first-order valence-corrected chi connectivity index (χ1v) is 7.15. The average molecular weight is 334 g/mol. The second kappa shape index (κ2) is 6.89. The zero-order chi connectivity index (χ0) is 15.7. The third-order valence-electron chi connectivity index (χ3n) is 3.66. The second-order valence-corrected chi connectivity index (χ2v) is 5.09. The maximum atomic E-state index is 14.1. The molecule has 1 atom stereocenters. The van der Waals surface area contributed by atoms with Gasteiger partial charge in [-0.15, -0.1) is 12.4 Å². The molecule has 0 aliphatic carbocycles. The molecule has 0 saturated carbocycles. The first-order chi connectivity index (χ1) is 10.6. The van der Waals surface area contributed by atoms with Crippen molar-refractivity contribution in [1.29, 1.82) is 0 Å². The summed E-state index contributed by atoms with van der Waals surface area (Å²) in [6.45, 7) is 1.92. The Kier molecular flexibility index (Phi) is 5.13. The summed E-state index contributed by atoms with van der Waals surface area (Å²) >= 11 is 0. The number of para-hydroxylation sites is 1. The highest BCUT2D eigenvalue weighted by molar-refractivity contribution is 5.85. The third kappa shape index (κ3) is 2.98. The number of halogens is 2. The Bertz CT molecular complexity index is 880. The number of benzene rings is 2. The number of nitrogens with zero attached hydrogens (tertiary/aromatic N) is 2. The van der Waals surface area contributed by atoms with Crippen LogP contribution in [0, 0.1) is 5.82 Å². The van der Waals surface area contributed by atoms with Crippen molar-refractivity contribution in [3.63, 3.8) is 0 Å². The topological polar surface area (TPSA) is 60.9 Å². The standard InChI is InChI=1S/C17H16FN3O.ClH/c1-2-13(19)16-20-14-10-6-9-12(18)15(14)17(22)21(16)11-7-4-3-5-8-11;/h3-10,13H,2,19H2,1H3;1H/t13-;/m0./s1. The molecule has 1 heterocycles. The van der Waals surface area contributed by atoms with Crippen LogP contribution in [0.2, 0.25) is 0 Å². The fourth-order valence-corrected chi connectivity index (χ4v) is 2.46. The van der Waals surface area contributed by atoms with Gasteiger partial charge in [-0.05, 0) is 30.7 Å². The van der Waals surface area contributed by atoms with Gasteiger partial charge in [-0.2, -0.15) is 0 Å². The van der Waals surface area contributed by atoms with E-state index < -0.39 is 17.4 Å². The minimum absolute atomic E-state index is 0. The highest BCUT2D eigenvalue weighted by atomic mass is 35.5. The van der Waals surface area contributed by atoms with Crippen LogP contribution in [0.25, 0.3) is 16.6 Å². The summed E-state index contributed by atoms with van der Waals surface area (Å²) in [5.74, 6) is -0.131. The van der Waals surface area contributed by atoms with E-state index in [-0.39, 0.29) is 17.8 Å². The van der Waals surface area contributed by atoms with Crippen LogP contribution in [0.15, 0.2) is 53.3 Å². The van der Waals surface area contributed by atoms with Crippen LogP contribution >= 0.6 is 12.4 Å². The molecule has 0 unspecified atom stereocenters. The van der Waals surface area contributed by atoms with Crippen LogP contribution in [0.4, 0.5) is 4.39 Å². The predicted octanol–water partition coefficient (Wildman–Crippen LogP) is 3.36. The van der Waals surface area contributed by atoms with Crippen LogP contribution in [0.1, 0.15) is 25.2 Å². The van der Waals surface area contributed by atoms with Crippen LogP contribution in [-0.4, -0.2) is 9.55 Å². The van der Waals surface area contributed by atoms with Gasteiger partial charge in [-0.1, -0.05) is 31.2 Å². The van der Waals surface area contributed by atoms with Crippen LogP contribution in [0.5, 0.6) is 0 Å². The fraction of sp³-hybridized carbons (Fsp3) is 0.176. The Morgan fingerprint density at radius 2 is 1.87 bits per heavy atom. The minimum Gasteiger partial charge on any atom is -0.321 e. The van der Waals surface area contributed by atoms with Crippen molar-refractivity contribution < 1.29 is 4.39 Å². The number of hydrogen-bond acceptors (Lipinski definition) is 3. The smallest absolute Gasteiger partial charge is 0.269 e. The summed E-state index contributed by atoms with van der Waals surface area (Å²) in [4.78, 5) is 17.3. The average Bonchev–Trinajstić information content (AvgIpc) is 2.54. The largest absolute Gasteiger partial charge is 0.321 e. The molecule has 0 saturated heterocycles. The Balaban J connectivity index is 0.00000192. The van der Waals surface area contributed by atoms with E-state index in [1.54, 1.807) is 18.2 Å². The molecular weight excluding hydrogens is 317 g/mol. The number of nitrogens with two attached hydrogens (primary N) is 1. The van der Waals surface area contributed by atoms with Gasteiger partial charge >= 0.3 is 0 Å². The molecule has 0 aliphatic rings. The van der Waals surface area contributed by atoms with Gasteiger partial charge in [0.25, 0.3) is 5.56 Å². The summed E-state index contributed by atoms with van der Waals surface area (Å²) in [7, 11) is 0. The highest BCUT2D eigenvalue weighted by Crippen LogP contribution is 2.19. The van der Waals surface area contributed by atoms with Crippen LogP contribution < -0.4 is 11.3 Å². The van der Waals surface area contributed by atoms with Crippen molar-refractivity contribution >= 4 is 23.3 Å². The van der Waals surface area contributed by atoms with Crippen molar-refractivity contribution in [2.45, 2.75) is 19.4 Å². The van der Waals surface area contributed by atoms with Gasteiger partial charge in [0, 0.05) is 0 Å². The lowest BCUT2D eigenvalue weighted by atomic mass is 10.1. The molecule has 120 valence electrons. The first kappa shape index (κ1) is 17.1. The lowest BCUT2D eigenvalue weighted by Crippen LogP contribution is -2.28. The molecule has 2 aromatic carbocycles. The van der Waals surface area contributed by atoms with Gasteiger partial charge in [0.1, 0.15) is 17.0 Å². The van der Waals surface area contributed by atoms with E-state index in [4.69, 9.17) is 5.73 Å². The molecule has 6 heteroatoms. The molecule has 0 bridgehead atoms. The highest BCUT2D eigenvalue weighted by Gasteiger charge is 2.18. The molecular formula is C17H17ClFN3O. The second-order valence-electron chi connectivity index (χ2n) is 5.09. The van der Waals surface area contributed by atoms with E-state index in [2.05, 4.69) is 4.98 Å².